The van der Waals surface area contributed by atoms with Crippen LogP contribution < -0.4 is 10.2 Å². The van der Waals surface area contributed by atoms with Gasteiger partial charge in [-0.2, -0.15) is 0 Å². The lowest BCUT2D eigenvalue weighted by Gasteiger charge is -2.24. The number of aryl methyl sites for hydroxylation is 1. The number of thiazole rings is 1. The summed E-state index contributed by atoms with van der Waals surface area (Å²) in [5, 5.41) is 6.44. The van der Waals surface area contributed by atoms with Crippen LogP contribution in [0.25, 0.3) is 0 Å². The molecule has 0 radical (unpaired) electrons. The first-order valence-corrected chi connectivity index (χ1v) is 8.54. The van der Waals surface area contributed by atoms with Crippen molar-refractivity contribution in [2.45, 2.75) is 45.1 Å². The minimum absolute atomic E-state index is 0.205. The summed E-state index contributed by atoms with van der Waals surface area (Å²) >= 11 is 1.58. The molecule has 0 unspecified atom stereocenters. The predicted octanol–water partition coefficient (Wildman–Crippen LogP) is 3.00. The van der Waals surface area contributed by atoms with Crippen molar-refractivity contribution < 1.29 is 4.79 Å². The molecular formula is C16H20N4OS. The second kappa shape index (κ2) is 6.87. The minimum Gasteiger partial charge on any atom is -0.317 e. The summed E-state index contributed by atoms with van der Waals surface area (Å²) in [5.74, 6) is -0.205. The zero-order chi connectivity index (χ0) is 15.4. The molecule has 0 bridgehead atoms. The van der Waals surface area contributed by atoms with Crippen LogP contribution in [-0.2, 0) is 0 Å². The third-order valence-electron chi connectivity index (χ3n) is 4.06. The second-order valence-electron chi connectivity index (χ2n) is 5.61. The fourth-order valence-corrected chi connectivity index (χ4v) is 3.83. The molecule has 2 heterocycles. The maximum absolute atomic E-state index is 12.1. The molecule has 5 nitrogen and oxygen atoms in total. The van der Waals surface area contributed by atoms with Gasteiger partial charge in [-0.1, -0.05) is 19.3 Å². The number of nitrogens with one attached hydrogen (secondary N) is 1. The summed E-state index contributed by atoms with van der Waals surface area (Å²) < 4.78 is 2.27. The fraction of sp³-hybridized carbons (Fsp3) is 0.438. The highest BCUT2D eigenvalue weighted by Crippen LogP contribution is 2.28. The molecule has 1 amide bonds. The molecule has 1 saturated carbocycles. The highest BCUT2D eigenvalue weighted by Gasteiger charge is 2.18. The van der Waals surface area contributed by atoms with Crippen LogP contribution in [0.3, 0.4) is 0 Å². The van der Waals surface area contributed by atoms with Crippen LogP contribution in [0.2, 0.25) is 0 Å². The first kappa shape index (κ1) is 15.0. The molecule has 0 spiro atoms. The topological polar surface area (TPSA) is 59.3 Å². The highest BCUT2D eigenvalue weighted by molar-refractivity contribution is 7.07. The van der Waals surface area contributed by atoms with Crippen LogP contribution in [0.15, 0.2) is 35.0 Å². The summed E-state index contributed by atoms with van der Waals surface area (Å²) in [4.78, 5) is 16.9. The third-order valence-corrected chi connectivity index (χ3v) is 5.01. The Morgan fingerprint density at radius 2 is 2.05 bits per heavy atom. The highest BCUT2D eigenvalue weighted by atomic mass is 32.1. The first-order chi connectivity index (χ1) is 10.8. The van der Waals surface area contributed by atoms with Crippen molar-refractivity contribution in [2.75, 3.05) is 0 Å². The molecule has 6 heteroatoms. The van der Waals surface area contributed by atoms with Gasteiger partial charge < -0.3 is 4.57 Å². The van der Waals surface area contributed by atoms with Crippen LogP contribution in [0.1, 0.15) is 54.2 Å². The quantitative estimate of drug-likeness (QED) is 0.885. The van der Waals surface area contributed by atoms with Crippen LogP contribution >= 0.6 is 11.3 Å². The zero-order valence-corrected chi connectivity index (χ0v) is 13.5. The SMILES string of the molecule is Cc1cs/c(=N/NC(=O)c2ccncc2)n1C1CCCCC1. The van der Waals surface area contributed by atoms with Crippen LogP contribution in [0.5, 0.6) is 0 Å². The van der Waals surface area contributed by atoms with Gasteiger partial charge in [-0.05, 0) is 31.9 Å². The fourth-order valence-electron chi connectivity index (χ4n) is 2.93. The summed E-state index contributed by atoms with van der Waals surface area (Å²) in [6.07, 6.45) is 9.47. The number of rotatable bonds is 3. The van der Waals surface area contributed by atoms with Crippen LogP contribution in [0, 0.1) is 6.92 Å². The number of amides is 1. The van der Waals surface area contributed by atoms with E-state index in [4.69, 9.17) is 0 Å². The van der Waals surface area contributed by atoms with Crippen molar-refractivity contribution in [1.82, 2.24) is 15.0 Å². The van der Waals surface area contributed by atoms with Crippen molar-refractivity contribution in [2.24, 2.45) is 5.10 Å². The summed E-state index contributed by atoms with van der Waals surface area (Å²) in [6.45, 7) is 2.11. The van der Waals surface area contributed by atoms with Gasteiger partial charge in [-0.3, -0.25) is 9.78 Å². The van der Waals surface area contributed by atoms with Gasteiger partial charge in [-0.15, -0.1) is 16.4 Å². The number of aromatic nitrogens is 2. The van der Waals surface area contributed by atoms with Gasteiger partial charge in [0.1, 0.15) is 0 Å². The van der Waals surface area contributed by atoms with Gasteiger partial charge in [0.15, 0.2) is 0 Å². The molecule has 0 aliphatic heterocycles. The lowest BCUT2D eigenvalue weighted by atomic mass is 9.95. The molecular weight excluding hydrogens is 296 g/mol. The number of pyridine rings is 1. The average molecular weight is 316 g/mol. The van der Waals surface area contributed by atoms with Gasteiger partial charge in [0.25, 0.3) is 5.91 Å². The Labute approximate surface area is 133 Å². The Balaban J connectivity index is 1.81. The zero-order valence-electron chi connectivity index (χ0n) is 12.7. The minimum atomic E-state index is -0.205. The van der Waals surface area contributed by atoms with Gasteiger partial charge in [-0.25, -0.2) is 5.43 Å². The second-order valence-corrected chi connectivity index (χ2v) is 6.45. The number of nitrogens with zero attached hydrogens (tertiary/aromatic N) is 3. The van der Waals surface area contributed by atoms with Gasteiger partial charge >= 0.3 is 0 Å². The van der Waals surface area contributed by atoms with E-state index < -0.39 is 0 Å². The monoisotopic (exact) mass is 316 g/mol. The van der Waals surface area contributed by atoms with E-state index in [-0.39, 0.29) is 5.91 Å². The molecule has 0 saturated heterocycles. The molecule has 1 aliphatic rings. The van der Waals surface area contributed by atoms with E-state index in [1.54, 1.807) is 35.9 Å². The van der Waals surface area contributed by atoms with Crippen molar-refractivity contribution in [3.05, 3.63) is 46.0 Å². The maximum Gasteiger partial charge on any atom is 0.271 e. The number of carbonyl (C=O) groups is 1. The lowest BCUT2D eigenvalue weighted by molar-refractivity contribution is 0.0952. The Bertz CT molecular complexity index is 698. The van der Waals surface area contributed by atoms with Crippen molar-refractivity contribution in [1.29, 1.82) is 0 Å². The van der Waals surface area contributed by atoms with Gasteiger partial charge in [0, 0.05) is 35.1 Å². The molecule has 2 aromatic rings. The van der Waals surface area contributed by atoms with Crippen LogP contribution in [0.4, 0.5) is 0 Å². The van der Waals surface area contributed by atoms with E-state index in [1.807, 2.05) is 0 Å². The van der Waals surface area contributed by atoms with Gasteiger partial charge in [0.05, 0.1) is 0 Å². The average Bonchev–Trinajstić information content (AvgIpc) is 2.95. The smallest absolute Gasteiger partial charge is 0.271 e. The molecule has 3 rings (SSSR count). The number of hydrogen-bond donors (Lipinski definition) is 1. The molecule has 1 N–H and O–H groups in total. The van der Waals surface area contributed by atoms with Crippen molar-refractivity contribution >= 4 is 17.2 Å². The summed E-state index contributed by atoms with van der Waals surface area (Å²) in [6, 6.07) is 3.87. The van der Waals surface area contributed by atoms with E-state index in [2.05, 4.69) is 32.4 Å². The number of hydrogen-bond acceptors (Lipinski definition) is 4. The predicted molar refractivity (Wildman–Crippen MR) is 86.4 cm³/mol. The first-order valence-electron chi connectivity index (χ1n) is 7.66. The summed E-state index contributed by atoms with van der Waals surface area (Å²) in [7, 11) is 0. The third kappa shape index (κ3) is 3.27. The molecule has 22 heavy (non-hydrogen) atoms. The molecule has 116 valence electrons. The van der Waals surface area contributed by atoms with E-state index in [1.165, 1.54) is 37.8 Å². The van der Waals surface area contributed by atoms with E-state index in [0.717, 1.165) is 4.80 Å². The molecule has 0 aromatic carbocycles. The summed E-state index contributed by atoms with van der Waals surface area (Å²) in [5.41, 5.74) is 4.44. The standard InChI is InChI=1S/C16H20N4OS/c1-12-11-22-16(20(12)14-5-3-2-4-6-14)19-18-15(21)13-7-9-17-10-8-13/h7-11,14H,2-6H2,1H3,(H,18,21)/b19-16+. The number of carbonyl (C=O) groups excluding carboxylic acids is 1. The normalized spacial score (nSPS) is 16.7. The Morgan fingerprint density at radius 3 is 2.77 bits per heavy atom. The van der Waals surface area contributed by atoms with Crippen LogP contribution in [-0.4, -0.2) is 15.5 Å². The Kier molecular flexibility index (Phi) is 4.68. The Hall–Kier alpha value is -1.95. The largest absolute Gasteiger partial charge is 0.317 e. The molecule has 1 fully saturated rings. The Morgan fingerprint density at radius 1 is 1.32 bits per heavy atom. The molecule has 2 aromatic heterocycles. The van der Waals surface area contributed by atoms with E-state index in [0.29, 0.717) is 11.6 Å². The van der Waals surface area contributed by atoms with E-state index >= 15 is 0 Å². The van der Waals surface area contributed by atoms with Crippen molar-refractivity contribution in [3.63, 3.8) is 0 Å². The maximum atomic E-state index is 12.1. The lowest BCUT2D eigenvalue weighted by Crippen LogP contribution is -2.28. The van der Waals surface area contributed by atoms with E-state index in [9.17, 15) is 4.79 Å². The van der Waals surface area contributed by atoms with Crippen molar-refractivity contribution in [3.8, 4) is 0 Å². The molecule has 1 aliphatic carbocycles. The molecule has 0 atom stereocenters. The van der Waals surface area contributed by atoms with Gasteiger partial charge in [0.2, 0.25) is 4.80 Å².